The van der Waals surface area contributed by atoms with Crippen LogP contribution in [-0.2, 0) is 14.3 Å². The molecule has 2 aromatic carbocycles. The molecule has 3 atom stereocenters. The minimum absolute atomic E-state index is 0.189. The lowest BCUT2D eigenvalue weighted by Crippen LogP contribution is -2.41. The van der Waals surface area contributed by atoms with Crippen molar-refractivity contribution >= 4 is 17.6 Å². The van der Waals surface area contributed by atoms with Gasteiger partial charge in [0.05, 0.1) is 19.3 Å². The minimum atomic E-state index is -0.537. The van der Waals surface area contributed by atoms with E-state index in [9.17, 15) is 9.90 Å². The minimum Gasteiger partial charge on any atom is -0.494 e. The average Bonchev–Trinajstić information content (AvgIpc) is 2.93. The Hall–Kier alpha value is -2.08. The second-order valence-corrected chi connectivity index (χ2v) is 10.6. The van der Waals surface area contributed by atoms with Crippen molar-refractivity contribution in [3.8, 4) is 16.9 Å². The van der Waals surface area contributed by atoms with Gasteiger partial charge < -0.3 is 19.3 Å². The molecule has 1 saturated heterocycles. The van der Waals surface area contributed by atoms with Gasteiger partial charge in [0.2, 0.25) is 0 Å². The first-order valence-electron chi connectivity index (χ1n) is 14.5. The summed E-state index contributed by atoms with van der Waals surface area (Å²) in [4.78, 5) is 12.5. The molecule has 6 heteroatoms. The number of carbonyl (C=O) groups excluding carboxylic acids is 1. The van der Waals surface area contributed by atoms with E-state index in [4.69, 9.17) is 25.8 Å². The maximum absolute atomic E-state index is 12.5. The molecule has 2 aromatic rings. The highest BCUT2D eigenvalue weighted by Crippen LogP contribution is 2.37. The highest BCUT2D eigenvalue weighted by Gasteiger charge is 2.34. The van der Waals surface area contributed by atoms with E-state index in [1.165, 1.54) is 44.9 Å². The van der Waals surface area contributed by atoms with Crippen molar-refractivity contribution < 1.29 is 24.1 Å². The fraction of sp³-hybridized carbons (Fsp3) is 0.594. The Morgan fingerprint density at radius 3 is 2.29 bits per heavy atom. The number of aliphatic hydroxyl groups excluding tert-OH is 1. The van der Waals surface area contributed by atoms with Crippen molar-refractivity contribution in [1.82, 2.24) is 0 Å². The van der Waals surface area contributed by atoms with Gasteiger partial charge in [0, 0.05) is 17.0 Å². The van der Waals surface area contributed by atoms with Crippen molar-refractivity contribution in [1.29, 1.82) is 0 Å². The van der Waals surface area contributed by atoms with Crippen LogP contribution in [0.25, 0.3) is 11.1 Å². The summed E-state index contributed by atoms with van der Waals surface area (Å²) in [6, 6.07) is 13.8. The molecule has 5 nitrogen and oxygen atoms in total. The number of benzene rings is 2. The Morgan fingerprint density at radius 2 is 1.63 bits per heavy atom. The molecule has 0 radical (unpaired) electrons. The third-order valence-electron chi connectivity index (χ3n) is 7.25. The van der Waals surface area contributed by atoms with Crippen LogP contribution < -0.4 is 4.74 Å². The molecule has 1 fully saturated rings. The molecule has 1 aliphatic rings. The van der Waals surface area contributed by atoms with Gasteiger partial charge in [-0.25, -0.2) is 0 Å². The van der Waals surface area contributed by atoms with E-state index in [0.717, 1.165) is 35.3 Å². The van der Waals surface area contributed by atoms with Gasteiger partial charge >= 0.3 is 5.97 Å². The van der Waals surface area contributed by atoms with Crippen LogP contribution in [0, 0.1) is 0 Å². The zero-order valence-corrected chi connectivity index (χ0v) is 23.9. The molecular weight excluding hydrogens is 500 g/mol. The summed E-state index contributed by atoms with van der Waals surface area (Å²) < 4.78 is 17.5. The molecule has 1 heterocycles. The van der Waals surface area contributed by atoms with Crippen LogP contribution in [-0.4, -0.2) is 36.5 Å². The second-order valence-electron chi connectivity index (χ2n) is 10.2. The zero-order valence-electron chi connectivity index (χ0n) is 23.1. The number of ether oxygens (including phenoxy) is 3. The molecule has 0 bridgehead atoms. The number of hydrogen-bond donors (Lipinski definition) is 1. The van der Waals surface area contributed by atoms with Crippen LogP contribution >= 0.6 is 11.6 Å². The molecule has 1 N–H and O–H groups in total. The molecule has 0 aromatic heterocycles. The first-order chi connectivity index (χ1) is 18.5. The normalized spacial score (nSPS) is 19.3. The Labute approximate surface area is 233 Å². The molecule has 0 saturated carbocycles. The fourth-order valence-corrected chi connectivity index (χ4v) is 5.31. The van der Waals surface area contributed by atoms with E-state index in [1.54, 1.807) is 0 Å². The van der Waals surface area contributed by atoms with Crippen LogP contribution in [0.15, 0.2) is 42.5 Å². The number of halogens is 1. The predicted molar refractivity (Wildman–Crippen MR) is 154 cm³/mol. The summed E-state index contributed by atoms with van der Waals surface area (Å²) in [5, 5.41) is 10.6. The van der Waals surface area contributed by atoms with E-state index in [2.05, 4.69) is 6.92 Å². The van der Waals surface area contributed by atoms with Crippen LogP contribution in [0.2, 0.25) is 5.02 Å². The lowest BCUT2D eigenvalue weighted by atomic mass is 9.94. The van der Waals surface area contributed by atoms with Crippen molar-refractivity contribution in [2.75, 3.05) is 13.2 Å². The van der Waals surface area contributed by atoms with Gasteiger partial charge in [-0.05, 0) is 61.6 Å². The van der Waals surface area contributed by atoms with Gasteiger partial charge in [0.25, 0.3) is 0 Å². The van der Waals surface area contributed by atoms with Gasteiger partial charge in [-0.2, -0.15) is 0 Å². The Balaban J connectivity index is 1.47. The number of hydrogen-bond acceptors (Lipinski definition) is 5. The van der Waals surface area contributed by atoms with Gasteiger partial charge in [0.15, 0.2) is 0 Å². The lowest BCUT2D eigenvalue weighted by Gasteiger charge is -2.35. The SMILES string of the molecule is CCCCCCCCCCCC(=O)O[C@@H]1CCC(c2ccc(Cl)c(-c3ccc(OCC)cc3)c2)O[C@@H]1CO. The Bertz CT molecular complexity index is 961. The molecule has 0 amide bonds. The summed E-state index contributed by atoms with van der Waals surface area (Å²) in [5.41, 5.74) is 2.92. The van der Waals surface area contributed by atoms with Crippen molar-refractivity contribution in [3.05, 3.63) is 53.1 Å². The second kappa shape index (κ2) is 16.8. The first kappa shape index (κ1) is 30.5. The Morgan fingerprint density at radius 1 is 0.947 bits per heavy atom. The number of esters is 1. The van der Waals surface area contributed by atoms with Crippen LogP contribution in [0.5, 0.6) is 5.75 Å². The van der Waals surface area contributed by atoms with Crippen LogP contribution in [0.1, 0.15) is 103 Å². The smallest absolute Gasteiger partial charge is 0.306 e. The van der Waals surface area contributed by atoms with Crippen LogP contribution in [0.4, 0.5) is 0 Å². The summed E-state index contributed by atoms with van der Waals surface area (Å²) in [6.45, 7) is 4.63. The number of carbonyl (C=O) groups is 1. The quantitative estimate of drug-likeness (QED) is 0.169. The largest absolute Gasteiger partial charge is 0.494 e. The molecule has 1 aliphatic heterocycles. The maximum Gasteiger partial charge on any atom is 0.306 e. The van der Waals surface area contributed by atoms with E-state index in [0.29, 0.717) is 30.9 Å². The summed E-state index contributed by atoms with van der Waals surface area (Å²) in [5.74, 6) is 0.631. The van der Waals surface area contributed by atoms with E-state index in [-0.39, 0.29) is 18.7 Å². The third kappa shape index (κ3) is 9.59. The average molecular weight is 545 g/mol. The number of aliphatic hydroxyl groups is 1. The van der Waals surface area contributed by atoms with Crippen molar-refractivity contribution in [2.45, 2.75) is 109 Å². The topological polar surface area (TPSA) is 65.0 Å². The first-order valence-corrected chi connectivity index (χ1v) is 14.9. The van der Waals surface area contributed by atoms with Gasteiger partial charge in [-0.15, -0.1) is 0 Å². The Kier molecular flexibility index (Phi) is 13.5. The monoisotopic (exact) mass is 544 g/mol. The highest BCUT2D eigenvalue weighted by molar-refractivity contribution is 6.33. The molecule has 0 spiro atoms. The van der Waals surface area contributed by atoms with Crippen molar-refractivity contribution in [2.24, 2.45) is 0 Å². The van der Waals surface area contributed by atoms with Gasteiger partial charge in [0.1, 0.15) is 18.0 Å². The highest BCUT2D eigenvalue weighted by atomic mass is 35.5. The fourth-order valence-electron chi connectivity index (χ4n) is 5.08. The van der Waals surface area contributed by atoms with Gasteiger partial charge in [-0.3, -0.25) is 4.79 Å². The summed E-state index contributed by atoms with van der Waals surface area (Å²) >= 11 is 6.53. The number of rotatable bonds is 16. The third-order valence-corrected chi connectivity index (χ3v) is 7.58. The van der Waals surface area contributed by atoms with E-state index >= 15 is 0 Å². The molecule has 0 aliphatic carbocycles. The molecular formula is C32H45ClO5. The molecule has 1 unspecified atom stereocenters. The molecule has 210 valence electrons. The van der Waals surface area contributed by atoms with Crippen LogP contribution in [0.3, 0.4) is 0 Å². The standard InChI is InChI=1S/C32H45ClO5/c1-3-5-6-7-8-9-10-11-12-13-32(35)38-30-21-20-29(37-31(30)23-34)25-16-19-28(33)27(22-25)24-14-17-26(18-15-24)36-4-2/h14-19,22,29-31,34H,3-13,20-21,23H2,1-2H3/t29?,30-,31-/m1/s1. The zero-order chi connectivity index (χ0) is 27.2. The van der Waals surface area contributed by atoms with Crippen molar-refractivity contribution in [3.63, 3.8) is 0 Å². The predicted octanol–water partition coefficient (Wildman–Crippen LogP) is 8.45. The summed E-state index contributed by atoms with van der Waals surface area (Å²) in [7, 11) is 0. The molecule has 3 rings (SSSR count). The lowest BCUT2D eigenvalue weighted by molar-refractivity contribution is -0.178. The molecule has 38 heavy (non-hydrogen) atoms. The summed E-state index contributed by atoms with van der Waals surface area (Å²) in [6.07, 6.45) is 11.5. The van der Waals surface area contributed by atoms with E-state index < -0.39 is 12.2 Å². The number of unbranched alkanes of at least 4 members (excludes halogenated alkanes) is 8. The van der Waals surface area contributed by atoms with E-state index in [1.807, 2.05) is 49.4 Å². The van der Waals surface area contributed by atoms with Gasteiger partial charge in [-0.1, -0.05) is 88.1 Å². The maximum atomic E-state index is 12.5.